The van der Waals surface area contributed by atoms with Crippen molar-refractivity contribution < 1.29 is 14.3 Å². The van der Waals surface area contributed by atoms with Gasteiger partial charge in [0.1, 0.15) is 5.75 Å². The van der Waals surface area contributed by atoms with E-state index in [4.69, 9.17) is 4.74 Å². The molecule has 1 aliphatic carbocycles. The molecule has 0 aromatic heterocycles. The van der Waals surface area contributed by atoms with Gasteiger partial charge in [0.05, 0.1) is 5.69 Å². The number of carbonyl (C=O) groups is 2. The maximum atomic E-state index is 12.0. The molecule has 6 nitrogen and oxygen atoms in total. The Balaban J connectivity index is 1.53. The molecule has 1 atom stereocenters. The molecule has 3 rings (SSSR count). The molecule has 1 unspecified atom stereocenters. The van der Waals surface area contributed by atoms with E-state index in [0.29, 0.717) is 19.0 Å². The Labute approximate surface area is 142 Å². The van der Waals surface area contributed by atoms with Crippen molar-refractivity contribution >= 4 is 17.6 Å². The highest BCUT2D eigenvalue weighted by Gasteiger charge is 2.28. The van der Waals surface area contributed by atoms with Gasteiger partial charge >= 0.3 is 6.03 Å². The molecule has 1 aliphatic heterocycles. The predicted molar refractivity (Wildman–Crippen MR) is 92.4 cm³/mol. The summed E-state index contributed by atoms with van der Waals surface area (Å²) < 4.78 is 5.62. The highest BCUT2D eigenvalue weighted by Crippen LogP contribution is 2.33. The first kappa shape index (κ1) is 16.6. The molecule has 6 heteroatoms. The zero-order valence-corrected chi connectivity index (χ0v) is 14.3. The number of nitrogens with one attached hydrogen (secondary N) is 2. The highest BCUT2D eigenvalue weighted by molar-refractivity contribution is 5.99. The first-order valence-electron chi connectivity index (χ1n) is 8.66. The van der Waals surface area contributed by atoms with E-state index >= 15 is 0 Å². The number of nitrogens with zero attached hydrogens (tertiary/aromatic N) is 1. The lowest BCUT2D eigenvalue weighted by Gasteiger charge is -2.30. The first-order chi connectivity index (χ1) is 11.5. The Morgan fingerprint density at radius 1 is 1.33 bits per heavy atom. The molecular formula is C18H25N3O3. The summed E-state index contributed by atoms with van der Waals surface area (Å²) in [5.74, 6) is 0.675. The maximum absolute atomic E-state index is 12.0. The van der Waals surface area contributed by atoms with Gasteiger partial charge in [-0.2, -0.15) is 0 Å². The Morgan fingerprint density at radius 3 is 2.83 bits per heavy atom. The summed E-state index contributed by atoms with van der Waals surface area (Å²) in [5, 5.41) is 5.91. The second-order valence-corrected chi connectivity index (χ2v) is 6.59. The zero-order chi connectivity index (χ0) is 17.1. The Bertz CT molecular complexity index is 626. The SMILES string of the molecule is CC1Oc2ccc(CCNC(=O)NC3CCCC3)cc2N(C)C1=O. The van der Waals surface area contributed by atoms with Gasteiger partial charge in [-0.05, 0) is 43.9 Å². The molecule has 0 bridgehead atoms. The van der Waals surface area contributed by atoms with E-state index in [-0.39, 0.29) is 11.9 Å². The number of urea groups is 1. The van der Waals surface area contributed by atoms with Crippen molar-refractivity contribution in [2.75, 3.05) is 18.5 Å². The van der Waals surface area contributed by atoms with Crippen molar-refractivity contribution in [3.63, 3.8) is 0 Å². The largest absolute Gasteiger partial charge is 0.479 e. The summed E-state index contributed by atoms with van der Waals surface area (Å²) >= 11 is 0. The van der Waals surface area contributed by atoms with Crippen molar-refractivity contribution in [1.82, 2.24) is 10.6 Å². The number of likely N-dealkylation sites (N-methyl/N-ethyl adjacent to an activating group) is 1. The smallest absolute Gasteiger partial charge is 0.315 e. The minimum absolute atomic E-state index is 0.0475. The molecule has 1 heterocycles. The third-order valence-electron chi connectivity index (χ3n) is 4.76. The van der Waals surface area contributed by atoms with Gasteiger partial charge in [-0.25, -0.2) is 4.79 Å². The van der Waals surface area contributed by atoms with Crippen LogP contribution in [-0.4, -0.2) is 37.7 Å². The number of rotatable bonds is 4. The van der Waals surface area contributed by atoms with E-state index in [1.165, 1.54) is 12.8 Å². The van der Waals surface area contributed by atoms with Crippen LogP contribution in [0.3, 0.4) is 0 Å². The molecule has 1 saturated carbocycles. The maximum Gasteiger partial charge on any atom is 0.315 e. The highest BCUT2D eigenvalue weighted by atomic mass is 16.5. The lowest BCUT2D eigenvalue weighted by atomic mass is 10.1. The quantitative estimate of drug-likeness (QED) is 0.889. The number of hydrogen-bond donors (Lipinski definition) is 2. The summed E-state index contributed by atoms with van der Waals surface area (Å²) in [6, 6.07) is 6.06. The standard InChI is InChI=1S/C18H25N3O3/c1-12-17(22)21(2)15-11-13(7-8-16(15)24-12)9-10-19-18(23)20-14-5-3-4-6-14/h7-8,11-12,14H,3-6,9-10H2,1-2H3,(H2,19,20,23). The van der Waals surface area contributed by atoms with Crippen LogP contribution in [0.4, 0.5) is 10.5 Å². The summed E-state index contributed by atoms with van der Waals surface area (Å²) in [7, 11) is 1.76. The first-order valence-corrected chi connectivity index (χ1v) is 8.66. The summed E-state index contributed by atoms with van der Waals surface area (Å²) in [6.07, 6.45) is 4.83. The minimum atomic E-state index is -0.450. The second kappa shape index (κ2) is 7.11. The van der Waals surface area contributed by atoms with Crippen molar-refractivity contribution in [3.8, 4) is 5.75 Å². The van der Waals surface area contributed by atoms with Crippen LogP contribution in [0.5, 0.6) is 5.75 Å². The Hall–Kier alpha value is -2.24. The molecule has 2 aliphatic rings. The van der Waals surface area contributed by atoms with E-state index in [2.05, 4.69) is 10.6 Å². The molecule has 2 N–H and O–H groups in total. The van der Waals surface area contributed by atoms with Crippen LogP contribution in [0, 0.1) is 0 Å². The van der Waals surface area contributed by atoms with Crippen LogP contribution in [0.15, 0.2) is 18.2 Å². The number of benzene rings is 1. The van der Waals surface area contributed by atoms with Crippen LogP contribution in [0.2, 0.25) is 0 Å². The summed E-state index contributed by atoms with van der Waals surface area (Å²) in [6.45, 7) is 2.31. The molecule has 0 spiro atoms. The van der Waals surface area contributed by atoms with Crippen molar-refractivity contribution in [2.45, 2.75) is 51.2 Å². The van der Waals surface area contributed by atoms with Crippen molar-refractivity contribution in [1.29, 1.82) is 0 Å². The number of hydrogen-bond acceptors (Lipinski definition) is 3. The molecule has 130 valence electrons. The third kappa shape index (κ3) is 3.63. The Morgan fingerprint density at radius 2 is 2.08 bits per heavy atom. The van der Waals surface area contributed by atoms with Gasteiger partial charge in [0.15, 0.2) is 6.10 Å². The topological polar surface area (TPSA) is 70.7 Å². The van der Waals surface area contributed by atoms with Gasteiger partial charge < -0.3 is 20.3 Å². The van der Waals surface area contributed by atoms with Crippen molar-refractivity contribution in [2.24, 2.45) is 0 Å². The van der Waals surface area contributed by atoms with E-state index in [9.17, 15) is 9.59 Å². The fraction of sp³-hybridized carbons (Fsp3) is 0.556. The number of anilines is 1. The zero-order valence-electron chi connectivity index (χ0n) is 14.3. The van der Waals surface area contributed by atoms with E-state index in [1.807, 2.05) is 18.2 Å². The van der Waals surface area contributed by atoms with E-state index < -0.39 is 6.10 Å². The van der Waals surface area contributed by atoms with Gasteiger partial charge in [0.25, 0.3) is 5.91 Å². The molecule has 0 radical (unpaired) electrons. The van der Waals surface area contributed by atoms with Crippen LogP contribution in [-0.2, 0) is 11.2 Å². The fourth-order valence-electron chi connectivity index (χ4n) is 3.34. The third-order valence-corrected chi connectivity index (χ3v) is 4.76. The van der Waals surface area contributed by atoms with E-state index in [1.54, 1.807) is 18.9 Å². The Kier molecular flexibility index (Phi) is 4.92. The van der Waals surface area contributed by atoms with Crippen molar-refractivity contribution in [3.05, 3.63) is 23.8 Å². The molecular weight excluding hydrogens is 306 g/mol. The van der Waals surface area contributed by atoms with Gasteiger partial charge in [-0.1, -0.05) is 18.9 Å². The average molecular weight is 331 g/mol. The summed E-state index contributed by atoms with van der Waals surface area (Å²) in [5.41, 5.74) is 1.85. The number of amides is 3. The van der Waals surface area contributed by atoms with Gasteiger partial charge in [-0.3, -0.25) is 4.79 Å². The number of ether oxygens (including phenoxy) is 1. The normalized spacial score (nSPS) is 20.5. The molecule has 1 fully saturated rings. The van der Waals surface area contributed by atoms with Gasteiger partial charge in [0, 0.05) is 19.6 Å². The monoisotopic (exact) mass is 331 g/mol. The average Bonchev–Trinajstić information content (AvgIpc) is 3.06. The van der Waals surface area contributed by atoms with Crippen LogP contribution >= 0.6 is 0 Å². The van der Waals surface area contributed by atoms with E-state index in [0.717, 1.165) is 29.8 Å². The second-order valence-electron chi connectivity index (χ2n) is 6.59. The van der Waals surface area contributed by atoms with Crippen LogP contribution < -0.4 is 20.3 Å². The lowest BCUT2D eigenvalue weighted by molar-refractivity contribution is -0.125. The fourth-order valence-corrected chi connectivity index (χ4v) is 3.34. The summed E-state index contributed by atoms with van der Waals surface area (Å²) in [4.78, 5) is 25.5. The molecule has 3 amide bonds. The number of carbonyl (C=O) groups excluding carboxylic acids is 2. The molecule has 1 aromatic rings. The minimum Gasteiger partial charge on any atom is -0.479 e. The predicted octanol–water partition coefficient (Wildman–Crippen LogP) is 2.21. The number of fused-ring (bicyclic) bond motifs is 1. The van der Waals surface area contributed by atoms with Gasteiger partial charge in [-0.15, -0.1) is 0 Å². The van der Waals surface area contributed by atoms with Crippen LogP contribution in [0.25, 0.3) is 0 Å². The lowest BCUT2D eigenvalue weighted by Crippen LogP contribution is -2.42. The molecule has 24 heavy (non-hydrogen) atoms. The van der Waals surface area contributed by atoms with Gasteiger partial charge in [0.2, 0.25) is 0 Å². The molecule has 1 aromatic carbocycles. The van der Waals surface area contributed by atoms with Crippen LogP contribution in [0.1, 0.15) is 38.2 Å². The molecule has 0 saturated heterocycles.